The van der Waals surface area contributed by atoms with Crippen LogP contribution in [0.3, 0.4) is 0 Å². The minimum Gasteiger partial charge on any atom is -0.507 e. The van der Waals surface area contributed by atoms with E-state index in [2.05, 4.69) is 0 Å². The maximum absolute atomic E-state index is 11.9. The molecule has 1 aromatic carbocycles. The molecule has 2 heterocycles. The van der Waals surface area contributed by atoms with Crippen molar-refractivity contribution in [3.8, 4) is 45.6 Å². The summed E-state index contributed by atoms with van der Waals surface area (Å²) >= 11 is 0. The predicted octanol–water partition coefficient (Wildman–Crippen LogP) is -0.267. The highest BCUT2D eigenvalue weighted by molar-refractivity contribution is 5.90. The van der Waals surface area contributed by atoms with Gasteiger partial charge >= 0.3 is 11.9 Å². The summed E-state index contributed by atoms with van der Waals surface area (Å²) < 4.78 is 21.7. The summed E-state index contributed by atoms with van der Waals surface area (Å²) in [6.45, 7) is -0.690. The van der Waals surface area contributed by atoms with Gasteiger partial charge in [0, 0.05) is 17.7 Å². The highest BCUT2D eigenvalue weighted by Gasteiger charge is 2.46. The van der Waals surface area contributed by atoms with Gasteiger partial charge in [-0.1, -0.05) is 0 Å². The minimum absolute atomic E-state index is 0.0105. The maximum atomic E-state index is 11.9. The number of phenols is 3. The lowest BCUT2D eigenvalue weighted by atomic mass is 9.99. The third-order valence-corrected chi connectivity index (χ3v) is 5.66. The number of carboxylic acid groups (broad SMARTS) is 1. The van der Waals surface area contributed by atoms with Crippen molar-refractivity contribution in [3.63, 3.8) is 0 Å². The van der Waals surface area contributed by atoms with Crippen molar-refractivity contribution >= 4 is 11.9 Å². The minimum atomic E-state index is -1.86. The lowest BCUT2D eigenvalue weighted by Crippen LogP contribution is -2.60. The van der Waals surface area contributed by atoms with Crippen molar-refractivity contribution in [3.05, 3.63) is 46.6 Å². The first-order chi connectivity index (χ1) is 17.9. The number of benzene rings is 2. The Morgan fingerprint density at radius 2 is 1.63 bits per heavy atom. The molecule has 0 amide bonds. The third kappa shape index (κ3) is 5.47. The Morgan fingerprint density at radius 3 is 2.32 bits per heavy atom. The molecule has 0 aromatic heterocycles. The van der Waals surface area contributed by atoms with Crippen molar-refractivity contribution < 1.29 is 64.0 Å². The average Bonchev–Trinajstić information content (AvgIpc) is 2.84. The van der Waals surface area contributed by atoms with Crippen LogP contribution >= 0.6 is 0 Å². The van der Waals surface area contributed by atoms with E-state index in [1.165, 1.54) is 12.1 Å². The van der Waals surface area contributed by atoms with Crippen LogP contribution in [0.25, 0.3) is 22.6 Å². The number of fused-ring (bicyclic) bond motifs is 1. The molecule has 1 saturated heterocycles. The Kier molecular flexibility index (Phi) is 7.41. The van der Waals surface area contributed by atoms with E-state index in [0.717, 1.165) is 24.3 Å². The molecule has 1 aromatic rings. The first-order valence-electron chi connectivity index (χ1n) is 11.0. The topological polar surface area (TPSA) is 234 Å². The molecule has 0 radical (unpaired) electrons. The van der Waals surface area contributed by atoms with Crippen LogP contribution in [0, 0.1) is 0 Å². The van der Waals surface area contributed by atoms with E-state index in [1.54, 1.807) is 0 Å². The van der Waals surface area contributed by atoms with Gasteiger partial charge in [0.05, 0.1) is 5.56 Å². The Morgan fingerprint density at radius 1 is 0.895 bits per heavy atom. The van der Waals surface area contributed by atoms with Gasteiger partial charge in [0.15, 0.2) is 28.4 Å². The number of hydrogen-bond donors (Lipinski definition) is 7. The van der Waals surface area contributed by atoms with Crippen molar-refractivity contribution in [2.45, 2.75) is 37.1 Å². The highest BCUT2D eigenvalue weighted by Crippen LogP contribution is 2.43. The molecule has 1 fully saturated rings. The summed E-state index contributed by atoms with van der Waals surface area (Å²) in [5, 5.41) is 69.6. The van der Waals surface area contributed by atoms with Gasteiger partial charge < -0.3 is 54.4 Å². The number of phenolic OH excluding ortho intramolecular Hbond substituents is 3. The molecule has 0 spiro atoms. The zero-order valence-corrected chi connectivity index (χ0v) is 19.3. The van der Waals surface area contributed by atoms with E-state index in [4.69, 9.17) is 23.7 Å². The molecule has 38 heavy (non-hydrogen) atoms. The Balaban J connectivity index is 1.70. The van der Waals surface area contributed by atoms with E-state index >= 15 is 0 Å². The first kappa shape index (κ1) is 26.7. The number of aliphatic hydroxyl groups excluding tert-OH is 3. The molecule has 5 atom stereocenters. The number of carbonyl (C=O) groups is 2. The second-order valence-electron chi connectivity index (χ2n) is 8.38. The van der Waals surface area contributed by atoms with Crippen molar-refractivity contribution in [1.82, 2.24) is 0 Å². The van der Waals surface area contributed by atoms with Gasteiger partial charge in [0.2, 0.25) is 6.29 Å². The van der Waals surface area contributed by atoms with E-state index in [9.17, 15) is 45.0 Å². The molecular formula is C24H22O14. The number of aliphatic hydroxyl groups is 3. The standard InChI is InChI=1S/C24H22O14/c25-10-4-13(27)11-6-16(23(36-15(11)5-10)9-1-2-12(26)14(28)3-9)37-24-22(34)21(33)20(32)17(38-24)8-35-19(31)7-18(29)30/h1-6,17,20-22,24,26-28,32-34H,7-8H2,(H,29,30)/t17-,20-,21+,22-,24-/m1/s1. The fraction of sp³-hybridized carbons (Fsp3) is 0.292. The lowest BCUT2D eigenvalue weighted by Gasteiger charge is -2.40. The molecule has 1 aliphatic carbocycles. The van der Waals surface area contributed by atoms with Gasteiger partial charge in [-0.2, -0.15) is 0 Å². The van der Waals surface area contributed by atoms with Crippen LogP contribution in [-0.4, -0.2) is 85.0 Å². The predicted molar refractivity (Wildman–Crippen MR) is 123 cm³/mol. The molecule has 3 aliphatic rings. The molecule has 0 saturated carbocycles. The highest BCUT2D eigenvalue weighted by atomic mass is 16.7. The Bertz CT molecular complexity index is 1380. The van der Waals surface area contributed by atoms with Gasteiger partial charge in [-0.25, -0.2) is 0 Å². The summed E-state index contributed by atoms with van der Waals surface area (Å²) in [6.07, 6.45) is -9.60. The summed E-state index contributed by atoms with van der Waals surface area (Å²) in [7, 11) is 0. The van der Waals surface area contributed by atoms with Gasteiger partial charge in [-0.05, 0) is 24.3 Å². The maximum Gasteiger partial charge on any atom is 0.317 e. The second-order valence-corrected chi connectivity index (χ2v) is 8.38. The second kappa shape index (κ2) is 10.5. The smallest absolute Gasteiger partial charge is 0.317 e. The van der Waals surface area contributed by atoms with Crippen LogP contribution in [0.2, 0.25) is 0 Å². The van der Waals surface area contributed by atoms with Crippen molar-refractivity contribution in [2.75, 3.05) is 6.61 Å². The lowest BCUT2D eigenvalue weighted by molar-refractivity contribution is -0.278. The quantitative estimate of drug-likeness (QED) is 0.117. The largest absolute Gasteiger partial charge is 0.507 e. The number of carbonyl (C=O) groups excluding carboxylic acids is 1. The van der Waals surface area contributed by atoms with Crippen LogP contribution in [-0.2, 0) is 19.1 Å². The van der Waals surface area contributed by atoms with Crippen molar-refractivity contribution in [2.24, 2.45) is 0 Å². The molecule has 14 nitrogen and oxygen atoms in total. The van der Waals surface area contributed by atoms with Crippen LogP contribution < -0.4 is 10.2 Å². The van der Waals surface area contributed by atoms with E-state index in [1.807, 2.05) is 0 Å². The van der Waals surface area contributed by atoms with Gasteiger partial charge in [0.25, 0.3) is 0 Å². The first-order valence-corrected chi connectivity index (χ1v) is 11.0. The molecule has 2 aliphatic heterocycles. The number of ether oxygens (including phenoxy) is 3. The van der Waals surface area contributed by atoms with Crippen LogP contribution in [0.5, 0.6) is 23.0 Å². The molecule has 0 unspecified atom stereocenters. The molecule has 202 valence electrons. The third-order valence-electron chi connectivity index (χ3n) is 5.66. The monoisotopic (exact) mass is 534 g/mol. The fourth-order valence-electron chi connectivity index (χ4n) is 3.75. The molecule has 0 bridgehead atoms. The molecular weight excluding hydrogens is 512 g/mol. The summed E-state index contributed by atoms with van der Waals surface area (Å²) in [5.41, 5.74) is -0.440. The number of esters is 1. The van der Waals surface area contributed by atoms with Gasteiger partial charge in [0.1, 0.15) is 49.0 Å². The van der Waals surface area contributed by atoms with Crippen LogP contribution in [0.4, 0.5) is 0 Å². The molecule has 14 heteroatoms. The number of carboxylic acids is 1. The Hall–Kier alpha value is -4.37. The molecule has 4 rings (SSSR count). The number of aliphatic carboxylic acids is 1. The zero-order chi connectivity index (χ0) is 27.7. The van der Waals surface area contributed by atoms with E-state index in [0.29, 0.717) is 0 Å². The van der Waals surface area contributed by atoms with E-state index in [-0.39, 0.29) is 28.4 Å². The van der Waals surface area contributed by atoms with Gasteiger partial charge in [-0.15, -0.1) is 0 Å². The van der Waals surface area contributed by atoms with E-state index < -0.39 is 78.3 Å². The summed E-state index contributed by atoms with van der Waals surface area (Å²) in [4.78, 5) is 34.1. The number of rotatable bonds is 7. The average molecular weight is 534 g/mol. The SMILES string of the molecule is O=C(O)CC(=O)OC[C@H]1O[C@@H](Oc2cc3c(O)cc(=O)cc-3oc2-c2ccc(O)c(O)c2)[C@H](O)[C@@H](O)[C@@H]1O. The van der Waals surface area contributed by atoms with Crippen molar-refractivity contribution in [1.29, 1.82) is 0 Å². The fourth-order valence-corrected chi connectivity index (χ4v) is 3.75. The van der Waals surface area contributed by atoms with Gasteiger partial charge in [-0.3, -0.25) is 14.4 Å². The zero-order valence-electron chi connectivity index (χ0n) is 19.3. The number of hydrogen-bond acceptors (Lipinski definition) is 13. The summed E-state index contributed by atoms with van der Waals surface area (Å²) in [5.74, 6) is -4.48. The van der Waals surface area contributed by atoms with Crippen LogP contribution in [0.1, 0.15) is 6.42 Å². The summed E-state index contributed by atoms with van der Waals surface area (Å²) in [6, 6.07) is 6.80. The van der Waals surface area contributed by atoms with Crippen LogP contribution in [0.15, 0.2) is 45.6 Å². The number of aromatic hydroxyl groups is 3. The normalized spacial score (nSPS) is 23.2. The molecule has 7 N–H and O–H groups in total. The Labute approximate surface area is 212 Å².